The largest absolute Gasteiger partial charge is 0.490 e. The Labute approximate surface area is 192 Å². The monoisotopic (exact) mass is 507 g/mol. The molecule has 2 aromatic rings. The molecule has 2 aromatic carbocycles. The van der Waals surface area contributed by atoms with Crippen LogP contribution in [0.25, 0.3) is 6.08 Å². The van der Waals surface area contributed by atoms with Crippen LogP contribution < -0.4 is 14.8 Å². The maximum atomic E-state index is 12.6. The van der Waals surface area contributed by atoms with Gasteiger partial charge in [-0.2, -0.15) is 5.26 Å². The van der Waals surface area contributed by atoms with E-state index in [1.807, 2.05) is 26.8 Å². The second-order valence-electron chi connectivity index (χ2n) is 6.47. The van der Waals surface area contributed by atoms with Gasteiger partial charge in [-0.3, -0.25) is 14.9 Å². The average molecular weight is 509 g/mol. The second-order valence-corrected chi connectivity index (χ2v) is 7.73. The number of benzene rings is 2. The summed E-state index contributed by atoms with van der Waals surface area (Å²) in [6.07, 6.45) is 1.29. The molecule has 0 aliphatic carbocycles. The Balaban J connectivity index is 2.40. The lowest BCUT2D eigenvalue weighted by Gasteiger charge is -2.16. The van der Waals surface area contributed by atoms with Crippen molar-refractivity contribution in [2.45, 2.75) is 26.9 Å². The molecule has 0 saturated carbocycles. The molecule has 0 aliphatic rings. The zero-order valence-corrected chi connectivity index (χ0v) is 19.3. The Hall–Kier alpha value is -3.09. The van der Waals surface area contributed by atoms with E-state index in [4.69, 9.17) is 21.1 Å². The lowest BCUT2D eigenvalue weighted by atomic mass is 10.1. The van der Waals surface area contributed by atoms with Crippen LogP contribution in [0.5, 0.6) is 11.5 Å². The molecule has 31 heavy (non-hydrogen) atoms. The maximum absolute atomic E-state index is 12.6. The maximum Gasteiger partial charge on any atom is 0.271 e. The highest BCUT2D eigenvalue weighted by molar-refractivity contribution is 9.10. The number of nitro benzene ring substituents is 1. The fraction of sp³-hybridized carbons (Fsp3) is 0.238. The van der Waals surface area contributed by atoms with Crippen molar-refractivity contribution >= 4 is 50.9 Å². The van der Waals surface area contributed by atoms with Gasteiger partial charge in [-0.05, 0) is 50.6 Å². The molecule has 8 nitrogen and oxygen atoms in total. The number of non-ortho nitro benzene ring substituents is 1. The van der Waals surface area contributed by atoms with E-state index in [1.165, 1.54) is 18.2 Å². The van der Waals surface area contributed by atoms with Crippen LogP contribution in [0, 0.1) is 21.4 Å². The third kappa shape index (κ3) is 6.44. The molecule has 0 bridgehead atoms. The SMILES string of the molecule is CCOc1cc(/C=C(\C#N)C(=O)Nc2cc([N+](=O)[O-])ccc2Cl)c(Br)cc1OC(C)C. The topological polar surface area (TPSA) is 114 Å². The van der Waals surface area contributed by atoms with Crippen molar-refractivity contribution in [3.05, 3.63) is 61.1 Å². The summed E-state index contributed by atoms with van der Waals surface area (Å²) < 4.78 is 11.9. The number of rotatable bonds is 8. The lowest BCUT2D eigenvalue weighted by molar-refractivity contribution is -0.384. The molecule has 1 N–H and O–H groups in total. The van der Waals surface area contributed by atoms with Gasteiger partial charge in [0.25, 0.3) is 11.6 Å². The summed E-state index contributed by atoms with van der Waals surface area (Å²) in [6, 6.07) is 8.81. The molecule has 0 aromatic heterocycles. The van der Waals surface area contributed by atoms with Crippen molar-refractivity contribution in [1.82, 2.24) is 0 Å². The van der Waals surface area contributed by atoms with Gasteiger partial charge in [0.05, 0.1) is 28.3 Å². The van der Waals surface area contributed by atoms with E-state index in [9.17, 15) is 20.2 Å². The van der Waals surface area contributed by atoms with Gasteiger partial charge in [0.1, 0.15) is 11.6 Å². The Morgan fingerprint density at radius 1 is 1.35 bits per heavy atom. The van der Waals surface area contributed by atoms with Gasteiger partial charge >= 0.3 is 0 Å². The van der Waals surface area contributed by atoms with Crippen molar-refractivity contribution in [3.8, 4) is 17.6 Å². The molecule has 2 rings (SSSR count). The van der Waals surface area contributed by atoms with E-state index in [0.29, 0.717) is 28.1 Å². The molecular weight excluding hydrogens is 490 g/mol. The van der Waals surface area contributed by atoms with Gasteiger partial charge < -0.3 is 14.8 Å². The van der Waals surface area contributed by atoms with E-state index in [0.717, 1.165) is 6.07 Å². The zero-order valence-electron chi connectivity index (χ0n) is 16.9. The number of hydrogen-bond donors (Lipinski definition) is 1. The highest BCUT2D eigenvalue weighted by Gasteiger charge is 2.17. The first kappa shape index (κ1) is 24.2. The molecule has 10 heteroatoms. The van der Waals surface area contributed by atoms with Gasteiger partial charge in [-0.1, -0.05) is 27.5 Å². The third-order valence-electron chi connectivity index (χ3n) is 3.80. The highest BCUT2D eigenvalue weighted by Crippen LogP contribution is 2.36. The predicted octanol–water partition coefficient (Wildman–Crippen LogP) is 5.74. The van der Waals surface area contributed by atoms with Crippen LogP contribution in [0.2, 0.25) is 5.02 Å². The quantitative estimate of drug-likeness (QED) is 0.210. The summed E-state index contributed by atoms with van der Waals surface area (Å²) in [5, 5.41) is 23.0. The summed E-state index contributed by atoms with van der Waals surface area (Å²) in [6.45, 7) is 5.99. The van der Waals surface area contributed by atoms with E-state index in [2.05, 4.69) is 21.2 Å². The minimum atomic E-state index is -0.766. The minimum absolute atomic E-state index is 0.0248. The number of nitriles is 1. The fourth-order valence-corrected chi connectivity index (χ4v) is 3.09. The van der Waals surface area contributed by atoms with Crippen LogP contribution in [-0.2, 0) is 4.79 Å². The first-order valence-corrected chi connectivity index (χ1v) is 10.3. The van der Waals surface area contributed by atoms with Gasteiger partial charge in [-0.25, -0.2) is 0 Å². The number of ether oxygens (including phenoxy) is 2. The number of halogens is 2. The Kier molecular flexibility index (Phi) is 8.42. The molecule has 0 unspecified atom stereocenters. The molecule has 0 atom stereocenters. The van der Waals surface area contributed by atoms with Crippen molar-refractivity contribution in [2.75, 3.05) is 11.9 Å². The van der Waals surface area contributed by atoms with Crippen LogP contribution >= 0.6 is 27.5 Å². The molecule has 162 valence electrons. The van der Waals surface area contributed by atoms with Crippen molar-refractivity contribution in [1.29, 1.82) is 5.26 Å². The third-order valence-corrected chi connectivity index (χ3v) is 4.82. The summed E-state index contributed by atoms with van der Waals surface area (Å²) >= 11 is 9.43. The Morgan fingerprint density at radius 2 is 2.06 bits per heavy atom. The number of carbonyl (C=O) groups excluding carboxylic acids is 1. The average Bonchev–Trinajstić information content (AvgIpc) is 2.70. The number of nitrogens with one attached hydrogen (secondary N) is 1. The fourth-order valence-electron chi connectivity index (χ4n) is 2.49. The van der Waals surface area contributed by atoms with Gasteiger partial charge in [0, 0.05) is 16.6 Å². The van der Waals surface area contributed by atoms with Gasteiger partial charge in [0.15, 0.2) is 11.5 Å². The standard InChI is InChI=1S/C21H19BrClN3O5/c1-4-30-19-8-13(16(22)10-20(19)31-12(2)3)7-14(11-24)21(27)25-18-9-15(26(28)29)5-6-17(18)23/h5-10,12H,4H2,1-3H3,(H,25,27)/b14-7+. The minimum Gasteiger partial charge on any atom is -0.490 e. The molecule has 0 fully saturated rings. The Morgan fingerprint density at radius 3 is 2.65 bits per heavy atom. The number of anilines is 1. The molecule has 1 amide bonds. The molecule has 0 heterocycles. The second kappa shape index (κ2) is 10.8. The summed E-state index contributed by atoms with van der Waals surface area (Å²) in [7, 11) is 0. The van der Waals surface area contributed by atoms with Crippen LogP contribution in [0.15, 0.2) is 40.4 Å². The summed E-state index contributed by atoms with van der Waals surface area (Å²) in [4.78, 5) is 23.0. The number of hydrogen-bond acceptors (Lipinski definition) is 6. The first-order valence-electron chi connectivity index (χ1n) is 9.16. The molecule has 0 spiro atoms. The molecule has 0 saturated heterocycles. The number of nitrogens with zero attached hydrogens (tertiary/aromatic N) is 2. The van der Waals surface area contributed by atoms with Crippen molar-refractivity contribution < 1.29 is 19.2 Å². The van der Waals surface area contributed by atoms with E-state index in [-0.39, 0.29) is 28.1 Å². The summed E-state index contributed by atoms with van der Waals surface area (Å²) in [5.41, 5.74) is 0.0587. The number of amides is 1. The van der Waals surface area contributed by atoms with Crippen LogP contribution in [-0.4, -0.2) is 23.5 Å². The Bertz CT molecular complexity index is 1080. The van der Waals surface area contributed by atoms with Gasteiger partial charge in [0.2, 0.25) is 0 Å². The van der Waals surface area contributed by atoms with Crippen LogP contribution in [0.3, 0.4) is 0 Å². The van der Waals surface area contributed by atoms with Gasteiger partial charge in [-0.15, -0.1) is 0 Å². The normalized spacial score (nSPS) is 11.1. The van der Waals surface area contributed by atoms with Crippen molar-refractivity contribution in [3.63, 3.8) is 0 Å². The van der Waals surface area contributed by atoms with Crippen LogP contribution in [0.4, 0.5) is 11.4 Å². The van der Waals surface area contributed by atoms with Crippen LogP contribution in [0.1, 0.15) is 26.3 Å². The lowest BCUT2D eigenvalue weighted by Crippen LogP contribution is -2.14. The molecule has 0 radical (unpaired) electrons. The number of nitro groups is 1. The molecular formula is C21H19BrClN3O5. The van der Waals surface area contributed by atoms with E-state index >= 15 is 0 Å². The molecule has 0 aliphatic heterocycles. The zero-order chi connectivity index (χ0) is 23.1. The summed E-state index contributed by atoms with van der Waals surface area (Å²) in [5.74, 6) is 0.217. The number of carbonyl (C=O) groups is 1. The highest BCUT2D eigenvalue weighted by atomic mass is 79.9. The first-order chi connectivity index (χ1) is 14.7. The smallest absolute Gasteiger partial charge is 0.271 e. The van der Waals surface area contributed by atoms with Crippen molar-refractivity contribution in [2.24, 2.45) is 0 Å². The van der Waals surface area contributed by atoms with E-state index in [1.54, 1.807) is 12.1 Å². The predicted molar refractivity (Wildman–Crippen MR) is 121 cm³/mol. The van der Waals surface area contributed by atoms with E-state index < -0.39 is 10.8 Å².